The summed E-state index contributed by atoms with van der Waals surface area (Å²) < 4.78 is 34.1. The maximum atomic E-state index is 11.5. The molecular formula is C14H22N2O4S. The molecule has 1 aliphatic heterocycles. The molecule has 21 heavy (non-hydrogen) atoms. The molecule has 0 unspecified atom stereocenters. The summed E-state index contributed by atoms with van der Waals surface area (Å²) in [6.07, 6.45) is 0. The monoisotopic (exact) mass is 314 g/mol. The van der Waals surface area contributed by atoms with Crippen LogP contribution in [0.25, 0.3) is 0 Å². The van der Waals surface area contributed by atoms with Crippen LogP contribution in [0.1, 0.15) is 11.1 Å². The quantitative estimate of drug-likeness (QED) is 0.863. The molecule has 1 aliphatic rings. The van der Waals surface area contributed by atoms with Crippen molar-refractivity contribution in [2.24, 2.45) is 5.14 Å². The zero-order valence-electron chi connectivity index (χ0n) is 12.5. The molecular weight excluding hydrogens is 292 g/mol. The highest BCUT2D eigenvalue weighted by Gasteiger charge is 2.16. The molecule has 0 atom stereocenters. The predicted molar refractivity (Wildman–Crippen MR) is 80.0 cm³/mol. The van der Waals surface area contributed by atoms with Crippen molar-refractivity contribution in [3.05, 3.63) is 23.3 Å². The highest BCUT2D eigenvalue weighted by Crippen LogP contribution is 2.24. The van der Waals surface area contributed by atoms with Crippen LogP contribution in [0, 0.1) is 13.8 Å². The first-order chi connectivity index (χ1) is 9.88. The lowest BCUT2D eigenvalue weighted by molar-refractivity contribution is 0.0322. The number of morpholine rings is 1. The molecule has 2 rings (SSSR count). The maximum absolute atomic E-state index is 11.5. The third-order valence-electron chi connectivity index (χ3n) is 3.50. The SMILES string of the molecule is Cc1cc(OCCN2CCOCC2)cc(C)c1S(N)(=O)=O. The van der Waals surface area contributed by atoms with Crippen molar-refractivity contribution in [1.29, 1.82) is 0 Å². The van der Waals surface area contributed by atoms with Crippen LogP contribution in [-0.4, -0.2) is 52.8 Å². The van der Waals surface area contributed by atoms with Gasteiger partial charge in [0.2, 0.25) is 10.0 Å². The van der Waals surface area contributed by atoms with E-state index >= 15 is 0 Å². The zero-order valence-corrected chi connectivity index (χ0v) is 13.3. The van der Waals surface area contributed by atoms with Gasteiger partial charge in [0, 0.05) is 19.6 Å². The first-order valence-electron chi connectivity index (χ1n) is 6.95. The number of hydrogen-bond acceptors (Lipinski definition) is 5. The fraction of sp³-hybridized carbons (Fsp3) is 0.571. The number of nitrogens with two attached hydrogens (primary N) is 1. The van der Waals surface area contributed by atoms with Crippen molar-refractivity contribution >= 4 is 10.0 Å². The molecule has 6 nitrogen and oxygen atoms in total. The van der Waals surface area contributed by atoms with Crippen molar-refractivity contribution in [3.63, 3.8) is 0 Å². The summed E-state index contributed by atoms with van der Waals surface area (Å²) in [5.41, 5.74) is 1.22. The molecule has 0 amide bonds. The van der Waals surface area contributed by atoms with E-state index in [-0.39, 0.29) is 4.90 Å². The second-order valence-electron chi connectivity index (χ2n) is 5.23. The lowest BCUT2D eigenvalue weighted by atomic mass is 10.1. The van der Waals surface area contributed by atoms with Crippen molar-refractivity contribution < 1.29 is 17.9 Å². The minimum absolute atomic E-state index is 0.183. The average Bonchev–Trinajstić information content (AvgIpc) is 2.37. The smallest absolute Gasteiger partial charge is 0.238 e. The summed E-state index contributed by atoms with van der Waals surface area (Å²) in [6.45, 7) is 8.22. The Morgan fingerprint density at radius 3 is 2.33 bits per heavy atom. The van der Waals surface area contributed by atoms with E-state index in [1.165, 1.54) is 0 Å². The predicted octanol–water partition coefficient (Wildman–Crippen LogP) is 0.662. The van der Waals surface area contributed by atoms with Crippen molar-refractivity contribution in [1.82, 2.24) is 4.90 Å². The van der Waals surface area contributed by atoms with Crippen LogP contribution >= 0.6 is 0 Å². The van der Waals surface area contributed by atoms with Crippen LogP contribution in [0.2, 0.25) is 0 Å². The van der Waals surface area contributed by atoms with Gasteiger partial charge in [-0.25, -0.2) is 13.6 Å². The van der Waals surface area contributed by atoms with Gasteiger partial charge in [-0.1, -0.05) is 0 Å². The van der Waals surface area contributed by atoms with Gasteiger partial charge in [-0.2, -0.15) is 0 Å². The number of ether oxygens (including phenoxy) is 2. The molecule has 7 heteroatoms. The van der Waals surface area contributed by atoms with E-state index in [2.05, 4.69) is 4.90 Å². The largest absolute Gasteiger partial charge is 0.492 e. The van der Waals surface area contributed by atoms with Crippen LogP contribution in [-0.2, 0) is 14.8 Å². The molecule has 0 spiro atoms. The second-order valence-corrected chi connectivity index (χ2v) is 6.73. The number of sulfonamides is 1. The summed E-state index contributed by atoms with van der Waals surface area (Å²) >= 11 is 0. The van der Waals surface area contributed by atoms with Crippen molar-refractivity contribution in [2.45, 2.75) is 18.7 Å². The number of aryl methyl sites for hydroxylation is 2. The number of primary sulfonamides is 1. The van der Waals surface area contributed by atoms with Gasteiger partial charge in [0.15, 0.2) is 0 Å². The van der Waals surface area contributed by atoms with Crippen LogP contribution in [0.4, 0.5) is 0 Å². The summed E-state index contributed by atoms with van der Waals surface area (Å²) in [7, 11) is -3.70. The molecule has 1 heterocycles. The third kappa shape index (κ3) is 4.41. The molecule has 118 valence electrons. The Balaban J connectivity index is 1.98. The van der Waals surface area contributed by atoms with Gasteiger partial charge >= 0.3 is 0 Å². The molecule has 0 aliphatic carbocycles. The van der Waals surface area contributed by atoms with Crippen molar-refractivity contribution in [3.8, 4) is 5.75 Å². The van der Waals surface area contributed by atoms with E-state index in [9.17, 15) is 8.42 Å². The lowest BCUT2D eigenvalue weighted by Crippen LogP contribution is -2.38. The zero-order chi connectivity index (χ0) is 15.5. The Morgan fingerprint density at radius 2 is 1.81 bits per heavy atom. The van der Waals surface area contributed by atoms with E-state index in [0.717, 1.165) is 32.8 Å². The topological polar surface area (TPSA) is 81.9 Å². The van der Waals surface area contributed by atoms with E-state index in [1.807, 2.05) is 0 Å². The van der Waals surface area contributed by atoms with E-state index in [0.29, 0.717) is 23.5 Å². The Morgan fingerprint density at radius 1 is 1.24 bits per heavy atom. The van der Waals surface area contributed by atoms with E-state index in [1.54, 1.807) is 26.0 Å². The Bertz CT molecular complexity index is 572. The molecule has 2 N–H and O–H groups in total. The number of rotatable bonds is 5. The van der Waals surface area contributed by atoms with Crippen LogP contribution in [0.5, 0.6) is 5.75 Å². The molecule has 1 fully saturated rings. The maximum Gasteiger partial charge on any atom is 0.238 e. The Hall–Kier alpha value is -1.15. The molecule has 0 saturated carbocycles. The van der Waals surface area contributed by atoms with Gasteiger partial charge < -0.3 is 9.47 Å². The Kier molecular flexibility index (Phi) is 5.21. The number of benzene rings is 1. The van der Waals surface area contributed by atoms with Gasteiger partial charge in [-0.3, -0.25) is 4.90 Å². The standard InChI is InChI=1S/C14H22N2O4S/c1-11-9-13(10-12(2)14(11)21(15,17)18)20-8-5-16-3-6-19-7-4-16/h9-10H,3-8H2,1-2H3,(H2,15,17,18). The number of nitrogens with zero attached hydrogens (tertiary/aromatic N) is 1. The Labute approximate surface area is 125 Å². The summed E-state index contributed by atoms with van der Waals surface area (Å²) in [5.74, 6) is 0.672. The van der Waals surface area contributed by atoms with Gasteiger partial charge in [0.05, 0.1) is 18.1 Å². The molecule has 0 bridgehead atoms. The van der Waals surface area contributed by atoms with Crippen LogP contribution < -0.4 is 9.88 Å². The molecule has 0 radical (unpaired) electrons. The second kappa shape index (κ2) is 6.74. The highest BCUT2D eigenvalue weighted by molar-refractivity contribution is 7.89. The molecule has 1 aromatic rings. The fourth-order valence-corrected chi connectivity index (χ4v) is 3.58. The number of hydrogen-bond donors (Lipinski definition) is 1. The van der Waals surface area contributed by atoms with Gasteiger partial charge in [0.25, 0.3) is 0 Å². The first-order valence-corrected chi connectivity index (χ1v) is 8.49. The minimum atomic E-state index is -3.70. The lowest BCUT2D eigenvalue weighted by Gasteiger charge is -2.26. The van der Waals surface area contributed by atoms with Crippen LogP contribution in [0.3, 0.4) is 0 Å². The summed E-state index contributed by atoms with van der Waals surface area (Å²) in [6, 6.07) is 3.43. The van der Waals surface area contributed by atoms with Gasteiger partial charge in [0.1, 0.15) is 12.4 Å². The van der Waals surface area contributed by atoms with Crippen molar-refractivity contribution in [2.75, 3.05) is 39.5 Å². The van der Waals surface area contributed by atoms with Crippen LogP contribution in [0.15, 0.2) is 17.0 Å². The highest BCUT2D eigenvalue weighted by atomic mass is 32.2. The normalized spacial score (nSPS) is 16.9. The minimum Gasteiger partial charge on any atom is -0.492 e. The molecule has 0 aromatic heterocycles. The molecule has 1 aromatic carbocycles. The van der Waals surface area contributed by atoms with Gasteiger partial charge in [-0.05, 0) is 37.1 Å². The first kappa shape index (κ1) is 16.2. The van der Waals surface area contributed by atoms with E-state index < -0.39 is 10.0 Å². The summed E-state index contributed by atoms with van der Waals surface area (Å²) in [4.78, 5) is 2.46. The fourth-order valence-electron chi connectivity index (χ4n) is 2.56. The summed E-state index contributed by atoms with van der Waals surface area (Å²) in [5, 5.41) is 5.22. The average molecular weight is 314 g/mol. The van der Waals surface area contributed by atoms with Gasteiger partial charge in [-0.15, -0.1) is 0 Å². The third-order valence-corrected chi connectivity index (χ3v) is 4.71. The van der Waals surface area contributed by atoms with E-state index in [4.69, 9.17) is 14.6 Å². The molecule has 1 saturated heterocycles.